The fourth-order valence-electron chi connectivity index (χ4n) is 2.61. The second-order valence-corrected chi connectivity index (χ2v) is 5.44. The summed E-state index contributed by atoms with van der Waals surface area (Å²) in [5, 5.41) is 5.51. The van der Waals surface area contributed by atoms with Gasteiger partial charge in [0.05, 0.1) is 25.0 Å². The van der Waals surface area contributed by atoms with E-state index in [0.717, 1.165) is 11.4 Å². The molecule has 1 unspecified atom stereocenters. The van der Waals surface area contributed by atoms with Crippen molar-refractivity contribution in [1.29, 1.82) is 0 Å². The third-order valence-electron chi connectivity index (χ3n) is 3.76. The molecule has 1 aromatic heterocycles. The van der Waals surface area contributed by atoms with Gasteiger partial charge in [0.2, 0.25) is 5.91 Å². The highest BCUT2D eigenvalue weighted by atomic mass is 16.5. The molecule has 0 saturated carbocycles. The molecule has 7 heteroatoms. The highest BCUT2D eigenvalue weighted by Gasteiger charge is 2.31. The van der Waals surface area contributed by atoms with Gasteiger partial charge in [0.25, 0.3) is 0 Å². The number of carbonyl (C=O) groups is 2. The number of nitrogens with one attached hydrogen (secondary N) is 2. The minimum Gasteiger partial charge on any atom is -0.497 e. The Bertz CT molecular complexity index is 718. The van der Waals surface area contributed by atoms with E-state index in [1.165, 1.54) is 0 Å². The molecule has 1 saturated heterocycles. The van der Waals surface area contributed by atoms with Crippen molar-refractivity contribution in [2.75, 3.05) is 23.9 Å². The smallest absolute Gasteiger partial charge is 0.319 e. The Labute approximate surface area is 139 Å². The molecule has 2 aromatic rings. The summed E-state index contributed by atoms with van der Waals surface area (Å²) in [6.45, 7) is 0.436. The number of pyridine rings is 1. The third-order valence-corrected chi connectivity index (χ3v) is 3.76. The Hall–Kier alpha value is -3.09. The van der Waals surface area contributed by atoms with Gasteiger partial charge in [0.15, 0.2) is 0 Å². The summed E-state index contributed by atoms with van der Waals surface area (Å²) in [5.41, 5.74) is 1.39. The van der Waals surface area contributed by atoms with Gasteiger partial charge in [0.1, 0.15) is 5.75 Å². The number of nitrogens with zero attached hydrogens (tertiary/aromatic N) is 2. The molecule has 1 aliphatic heterocycles. The highest BCUT2D eigenvalue weighted by molar-refractivity contribution is 5.97. The predicted molar refractivity (Wildman–Crippen MR) is 90.1 cm³/mol. The normalized spacial score (nSPS) is 16.8. The molecular formula is C17H18N4O3. The van der Waals surface area contributed by atoms with Crippen LogP contribution >= 0.6 is 0 Å². The third kappa shape index (κ3) is 3.62. The number of methoxy groups -OCH3 is 1. The van der Waals surface area contributed by atoms with Crippen LogP contribution in [0.15, 0.2) is 48.8 Å². The van der Waals surface area contributed by atoms with Gasteiger partial charge in [-0.25, -0.2) is 4.79 Å². The monoisotopic (exact) mass is 326 g/mol. The molecule has 0 spiro atoms. The maximum Gasteiger partial charge on any atom is 0.319 e. The Balaban J connectivity index is 1.59. The molecule has 1 aliphatic rings. The molecule has 3 amide bonds. The van der Waals surface area contributed by atoms with E-state index in [2.05, 4.69) is 15.6 Å². The predicted octanol–water partition coefficient (Wildman–Crippen LogP) is 2.02. The minimum absolute atomic E-state index is 0.0214. The molecular weight excluding hydrogens is 308 g/mol. The number of hydrogen-bond acceptors (Lipinski definition) is 4. The van der Waals surface area contributed by atoms with Crippen molar-refractivity contribution < 1.29 is 14.3 Å². The molecule has 0 bridgehead atoms. The molecule has 1 aromatic carbocycles. The summed E-state index contributed by atoms with van der Waals surface area (Å²) in [4.78, 5) is 29.8. The quantitative estimate of drug-likeness (QED) is 0.900. The van der Waals surface area contributed by atoms with Gasteiger partial charge in [-0.15, -0.1) is 0 Å². The molecule has 0 radical (unpaired) electrons. The number of aromatic nitrogens is 1. The fourth-order valence-corrected chi connectivity index (χ4v) is 2.61. The van der Waals surface area contributed by atoms with Gasteiger partial charge in [-0.05, 0) is 36.4 Å². The second-order valence-electron chi connectivity index (χ2n) is 5.44. The van der Waals surface area contributed by atoms with Crippen LogP contribution in [0.2, 0.25) is 0 Å². The van der Waals surface area contributed by atoms with Gasteiger partial charge in [-0.3, -0.25) is 9.78 Å². The summed E-state index contributed by atoms with van der Waals surface area (Å²) in [6.07, 6.45) is 3.46. The first kappa shape index (κ1) is 15.8. The van der Waals surface area contributed by atoms with Gasteiger partial charge < -0.3 is 20.3 Å². The average molecular weight is 326 g/mol. The lowest BCUT2D eigenvalue weighted by Crippen LogP contribution is -2.39. The van der Waals surface area contributed by atoms with Crippen LogP contribution in [-0.2, 0) is 4.79 Å². The summed E-state index contributed by atoms with van der Waals surface area (Å²) < 4.78 is 5.12. The first-order valence-corrected chi connectivity index (χ1v) is 7.57. The first-order chi connectivity index (χ1) is 11.7. The molecule has 3 rings (SSSR count). The molecule has 2 heterocycles. The van der Waals surface area contributed by atoms with Crippen molar-refractivity contribution in [3.05, 3.63) is 48.8 Å². The molecule has 7 nitrogen and oxygen atoms in total. The Morgan fingerprint density at radius 1 is 1.29 bits per heavy atom. The number of amides is 3. The van der Waals surface area contributed by atoms with Crippen molar-refractivity contribution >= 4 is 23.3 Å². The van der Waals surface area contributed by atoms with E-state index in [1.807, 2.05) is 12.1 Å². The largest absolute Gasteiger partial charge is 0.497 e. The molecule has 0 aliphatic carbocycles. The Kier molecular flexibility index (Phi) is 4.60. The van der Waals surface area contributed by atoms with Crippen molar-refractivity contribution in [1.82, 2.24) is 10.3 Å². The second kappa shape index (κ2) is 6.99. The maximum absolute atomic E-state index is 12.2. The van der Waals surface area contributed by atoms with Crippen LogP contribution in [0.25, 0.3) is 0 Å². The minimum atomic E-state index is -0.350. The SMILES string of the molecule is COc1ccc(N2CC(NC(=O)Nc3cccnc3)CC2=O)cc1. The van der Waals surface area contributed by atoms with Crippen LogP contribution in [0, 0.1) is 0 Å². The highest BCUT2D eigenvalue weighted by Crippen LogP contribution is 2.24. The van der Waals surface area contributed by atoms with Crippen molar-refractivity contribution in [3.8, 4) is 5.75 Å². The Morgan fingerprint density at radius 2 is 2.08 bits per heavy atom. The Morgan fingerprint density at radius 3 is 2.75 bits per heavy atom. The van der Waals surface area contributed by atoms with Crippen molar-refractivity contribution in [2.24, 2.45) is 0 Å². The summed E-state index contributed by atoms with van der Waals surface area (Å²) >= 11 is 0. The maximum atomic E-state index is 12.2. The number of ether oxygens (including phenoxy) is 1. The van der Waals surface area contributed by atoms with E-state index < -0.39 is 0 Å². The van der Waals surface area contributed by atoms with E-state index in [4.69, 9.17) is 4.74 Å². The average Bonchev–Trinajstić information content (AvgIpc) is 2.96. The summed E-state index contributed by atoms with van der Waals surface area (Å²) in [6, 6.07) is 10.2. The van der Waals surface area contributed by atoms with Crippen LogP contribution in [0.3, 0.4) is 0 Å². The lowest BCUT2D eigenvalue weighted by Gasteiger charge is -2.17. The molecule has 1 atom stereocenters. The summed E-state index contributed by atoms with van der Waals surface area (Å²) in [7, 11) is 1.59. The first-order valence-electron chi connectivity index (χ1n) is 7.57. The van der Waals surface area contributed by atoms with Crippen molar-refractivity contribution in [2.45, 2.75) is 12.5 Å². The van der Waals surface area contributed by atoms with E-state index in [0.29, 0.717) is 12.2 Å². The number of carbonyl (C=O) groups excluding carboxylic acids is 2. The van der Waals surface area contributed by atoms with Crippen LogP contribution in [0.1, 0.15) is 6.42 Å². The standard InChI is InChI=1S/C17H18N4O3/c1-24-15-6-4-14(5-7-15)21-11-13(9-16(21)22)20-17(23)19-12-3-2-8-18-10-12/h2-8,10,13H,9,11H2,1H3,(H2,19,20,23). The number of rotatable bonds is 4. The topological polar surface area (TPSA) is 83.6 Å². The lowest BCUT2D eigenvalue weighted by molar-refractivity contribution is -0.117. The zero-order chi connectivity index (χ0) is 16.9. The van der Waals surface area contributed by atoms with Crippen LogP contribution in [0.4, 0.5) is 16.2 Å². The number of urea groups is 1. The van der Waals surface area contributed by atoms with Crippen LogP contribution in [0.5, 0.6) is 5.75 Å². The van der Waals surface area contributed by atoms with Gasteiger partial charge in [-0.2, -0.15) is 0 Å². The number of benzene rings is 1. The zero-order valence-electron chi connectivity index (χ0n) is 13.2. The van der Waals surface area contributed by atoms with E-state index in [-0.39, 0.29) is 24.4 Å². The molecule has 1 fully saturated rings. The van der Waals surface area contributed by atoms with Gasteiger partial charge >= 0.3 is 6.03 Å². The molecule has 124 valence electrons. The van der Waals surface area contributed by atoms with Crippen LogP contribution in [-0.4, -0.2) is 36.6 Å². The van der Waals surface area contributed by atoms with E-state index >= 15 is 0 Å². The van der Waals surface area contributed by atoms with Gasteiger partial charge in [-0.1, -0.05) is 0 Å². The molecule has 2 N–H and O–H groups in total. The van der Waals surface area contributed by atoms with Crippen molar-refractivity contribution in [3.63, 3.8) is 0 Å². The van der Waals surface area contributed by atoms with Gasteiger partial charge in [0, 0.05) is 24.8 Å². The van der Waals surface area contributed by atoms with E-state index in [9.17, 15) is 9.59 Å². The zero-order valence-corrected chi connectivity index (χ0v) is 13.2. The van der Waals surface area contributed by atoms with E-state index in [1.54, 1.807) is 48.7 Å². The lowest BCUT2D eigenvalue weighted by atomic mass is 10.2. The number of anilines is 2. The van der Waals surface area contributed by atoms with Crippen LogP contribution < -0.4 is 20.3 Å². The fraction of sp³-hybridized carbons (Fsp3) is 0.235. The molecule has 24 heavy (non-hydrogen) atoms. The summed E-state index contributed by atoms with van der Waals surface area (Å²) in [5.74, 6) is 0.711. The number of hydrogen-bond donors (Lipinski definition) is 2.